The summed E-state index contributed by atoms with van der Waals surface area (Å²) in [4.78, 5) is 2.33. The van der Waals surface area contributed by atoms with Crippen molar-refractivity contribution in [3.63, 3.8) is 0 Å². The molecule has 5 heteroatoms. The van der Waals surface area contributed by atoms with Crippen molar-refractivity contribution < 1.29 is 0 Å². The molecular weight excluding hydrogens is 259 g/mol. The Labute approximate surface area is 131 Å². The molecule has 2 rings (SSSR count). The molecule has 4 nitrogen and oxygen atoms in total. The largest absolute Gasteiger partial charge is 0.311 e. The standard InChI is InChI=1S/C14H25BN4.C2H6/c1-4-5-14(2,15)11-16-9-12-8-13-10-18(3)6-7-19(13)17-12;1-2/h8,16H,4-7,9-11H2,1-3H3;1-2H3. The van der Waals surface area contributed by atoms with Crippen molar-refractivity contribution in [2.45, 2.75) is 65.5 Å². The van der Waals surface area contributed by atoms with Gasteiger partial charge in [-0.3, -0.25) is 9.58 Å². The van der Waals surface area contributed by atoms with Gasteiger partial charge in [0.05, 0.1) is 25.8 Å². The van der Waals surface area contributed by atoms with Gasteiger partial charge in [-0.05, 0) is 19.7 Å². The average molecular weight is 290 g/mol. The van der Waals surface area contributed by atoms with E-state index in [1.54, 1.807) is 0 Å². The fraction of sp³-hybridized carbons (Fsp3) is 0.812. The first-order valence-electron chi connectivity index (χ1n) is 8.24. The smallest absolute Gasteiger partial charge is 0.0765 e. The van der Waals surface area contributed by atoms with Gasteiger partial charge in [-0.2, -0.15) is 5.10 Å². The molecule has 0 bridgehead atoms. The monoisotopic (exact) mass is 290 g/mol. The maximum atomic E-state index is 6.21. The summed E-state index contributed by atoms with van der Waals surface area (Å²) in [6.07, 6.45) is 2.17. The first-order valence-corrected chi connectivity index (χ1v) is 8.24. The van der Waals surface area contributed by atoms with Crippen LogP contribution in [0.25, 0.3) is 0 Å². The number of rotatable bonds is 6. The van der Waals surface area contributed by atoms with Crippen LogP contribution in [0.3, 0.4) is 0 Å². The molecule has 21 heavy (non-hydrogen) atoms. The maximum Gasteiger partial charge on any atom is 0.0765 e. The number of nitrogens with zero attached hydrogens (tertiary/aromatic N) is 3. The molecule has 0 amide bonds. The summed E-state index contributed by atoms with van der Waals surface area (Å²) in [7, 11) is 8.36. The van der Waals surface area contributed by atoms with Gasteiger partial charge in [-0.1, -0.05) is 45.9 Å². The van der Waals surface area contributed by atoms with Crippen LogP contribution in [0.15, 0.2) is 6.07 Å². The second-order valence-electron chi connectivity index (χ2n) is 6.10. The summed E-state index contributed by atoms with van der Waals surface area (Å²) in [5.74, 6) is 0. The topological polar surface area (TPSA) is 33.1 Å². The normalized spacial score (nSPS) is 17.6. The van der Waals surface area contributed by atoms with Crippen LogP contribution < -0.4 is 5.32 Å². The van der Waals surface area contributed by atoms with Crippen LogP contribution >= 0.6 is 0 Å². The molecule has 0 fully saturated rings. The van der Waals surface area contributed by atoms with E-state index in [4.69, 9.17) is 7.85 Å². The molecule has 2 heterocycles. The van der Waals surface area contributed by atoms with Crippen molar-refractivity contribution >= 4 is 7.85 Å². The van der Waals surface area contributed by atoms with Crippen molar-refractivity contribution in [3.8, 4) is 0 Å². The SMILES string of the molecule is CC.[B]C(C)(CCC)CNCc1cc2n(n1)CCN(C)C2. The first-order chi connectivity index (χ1) is 10.00. The highest BCUT2D eigenvalue weighted by atomic mass is 15.3. The highest BCUT2D eigenvalue weighted by Gasteiger charge is 2.17. The van der Waals surface area contributed by atoms with E-state index in [-0.39, 0.29) is 5.31 Å². The molecule has 2 radical (unpaired) electrons. The Bertz CT molecular complexity index is 414. The van der Waals surface area contributed by atoms with Crippen molar-refractivity contribution in [3.05, 3.63) is 17.5 Å². The van der Waals surface area contributed by atoms with Crippen LogP contribution in [-0.4, -0.2) is 42.7 Å². The summed E-state index contributed by atoms with van der Waals surface area (Å²) >= 11 is 0. The number of hydrogen-bond acceptors (Lipinski definition) is 3. The Morgan fingerprint density at radius 2 is 2.10 bits per heavy atom. The number of hydrogen-bond donors (Lipinski definition) is 1. The van der Waals surface area contributed by atoms with E-state index in [0.717, 1.165) is 51.3 Å². The minimum absolute atomic E-state index is 0.117. The van der Waals surface area contributed by atoms with Gasteiger partial charge in [-0.25, -0.2) is 0 Å². The van der Waals surface area contributed by atoms with E-state index in [1.165, 1.54) is 5.69 Å². The van der Waals surface area contributed by atoms with Gasteiger partial charge in [0, 0.05) is 19.6 Å². The molecule has 1 aliphatic rings. The highest BCUT2D eigenvalue weighted by molar-refractivity contribution is 6.15. The fourth-order valence-electron chi connectivity index (χ4n) is 2.68. The van der Waals surface area contributed by atoms with Crippen molar-refractivity contribution in [1.29, 1.82) is 0 Å². The molecule has 1 aromatic heterocycles. The van der Waals surface area contributed by atoms with Gasteiger partial charge >= 0.3 is 0 Å². The summed E-state index contributed by atoms with van der Waals surface area (Å²) in [6, 6.07) is 2.20. The molecule has 1 aromatic rings. The lowest BCUT2D eigenvalue weighted by Crippen LogP contribution is -2.30. The van der Waals surface area contributed by atoms with E-state index < -0.39 is 0 Å². The van der Waals surface area contributed by atoms with Crippen LogP contribution in [0, 0.1) is 0 Å². The molecule has 0 aliphatic carbocycles. The minimum atomic E-state index is -0.117. The highest BCUT2D eigenvalue weighted by Crippen LogP contribution is 2.25. The Morgan fingerprint density at radius 3 is 2.76 bits per heavy atom. The van der Waals surface area contributed by atoms with Crippen LogP contribution in [0.2, 0.25) is 5.31 Å². The summed E-state index contributed by atoms with van der Waals surface area (Å²) in [5.41, 5.74) is 2.44. The number of fused-ring (bicyclic) bond motifs is 1. The molecule has 0 aromatic carbocycles. The van der Waals surface area contributed by atoms with E-state index in [0.29, 0.717) is 0 Å². The van der Waals surface area contributed by atoms with Crippen molar-refractivity contribution in [2.24, 2.45) is 0 Å². The predicted molar refractivity (Wildman–Crippen MR) is 90.6 cm³/mol. The van der Waals surface area contributed by atoms with Gasteiger partial charge < -0.3 is 5.32 Å². The second-order valence-corrected chi connectivity index (χ2v) is 6.10. The van der Waals surface area contributed by atoms with Gasteiger partial charge in [0.25, 0.3) is 0 Å². The maximum absolute atomic E-state index is 6.21. The first kappa shape index (κ1) is 18.2. The molecule has 1 atom stereocenters. The summed E-state index contributed by atoms with van der Waals surface area (Å²) < 4.78 is 2.13. The Morgan fingerprint density at radius 1 is 1.38 bits per heavy atom. The lowest BCUT2D eigenvalue weighted by molar-refractivity contribution is 0.258. The van der Waals surface area contributed by atoms with Crippen LogP contribution in [0.5, 0.6) is 0 Å². The summed E-state index contributed by atoms with van der Waals surface area (Å²) in [6.45, 7) is 13.0. The molecule has 0 saturated heterocycles. The average Bonchev–Trinajstić information content (AvgIpc) is 2.82. The second kappa shape index (κ2) is 8.59. The molecule has 0 saturated carbocycles. The Kier molecular flexibility index (Phi) is 7.46. The van der Waals surface area contributed by atoms with Crippen LogP contribution in [-0.2, 0) is 19.6 Å². The van der Waals surface area contributed by atoms with Gasteiger partial charge in [0.1, 0.15) is 0 Å². The third-order valence-corrected chi connectivity index (χ3v) is 3.70. The predicted octanol–water partition coefficient (Wildman–Crippen LogP) is 2.59. The van der Waals surface area contributed by atoms with Crippen molar-refractivity contribution in [1.82, 2.24) is 20.0 Å². The molecule has 1 N–H and O–H groups in total. The van der Waals surface area contributed by atoms with Gasteiger partial charge in [0.15, 0.2) is 0 Å². The number of aromatic nitrogens is 2. The zero-order chi connectivity index (χ0) is 15.9. The minimum Gasteiger partial charge on any atom is -0.311 e. The third kappa shape index (κ3) is 5.83. The molecule has 1 aliphatic heterocycles. The lowest BCUT2D eigenvalue weighted by Gasteiger charge is -2.24. The van der Waals surface area contributed by atoms with E-state index in [1.807, 2.05) is 13.8 Å². The molecule has 118 valence electrons. The zero-order valence-corrected chi connectivity index (χ0v) is 14.4. The number of nitrogens with one attached hydrogen (secondary N) is 1. The molecule has 1 unspecified atom stereocenters. The van der Waals surface area contributed by atoms with E-state index in [9.17, 15) is 0 Å². The Hall–Kier alpha value is -0.805. The fourth-order valence-corrected chi connectivity index (χ4v) is 2.68. The third-order valence-electron chi connectivity index (χ3n) is 3.70. The van der Waals surface area contributed by atoms with Gasteiger partial charge in [0.2, 0.25) is 0 Å². The molecular formula is C16H31BN4. The van der Waals surface area contributed by atoms with E-state index in [2.05, 4.69) is 47.0 Å². The zero-order valence-electron chi connectivity index (χ0n) is 14.4. The van der Waals surface area contributed by atoms with Crippen LogP contribution in [0.4, 0.5) is 0 Å². The van der Waals surface area contributed by atoms with Crippen molar-refractivity contribution in [2.75, 3.05) is 20.1 Å². The van der Waals surface area contributed by atoms with Gasteiger partial charge in [-0.15, -0.1) is 0 Å². The Balaban J connectivity index is 0.00000106. The van der Waals surface area contributed by atoms with Crippen LogP contribution in [0.1, 0.15) is 51.9 Å². The number of likely N-dealkylation sites (N-methyl/N-ethyl adjacent to an activating group) is 1. The quantitative estimate of drug-likeness (QED) is 0.818. The van der Waals surface area contributed by atoms with E-state index >= 15 is 0 Å². The molecule has 0 spiro atoms. The summed E-state index contributed by atoms with van der Waals surface area (Å²) in [5, 5.41) is 7.95. The lowest BCUT2D eigenvalue weighted by atomic mass is 9.67.